The van der Waals surface area contributed by atoms with Gasteiger partial charge in [-0.25, -0.2) is 0 Å². The Hall–Kier alpha value is -0.990. The second-order valence-electron chi connectivity index (χ2n) is 4.95. The van der Waals surface area contributed by atoms with E-state index in [1.807, 2.05) is 14.0 Å². The van der Waals surface area contributed by atoms with E-state index in [0.717, 1.165) is 17.7 Å². The predicted octanol–water partition coefficient (Wildman–Crippen LogP) is 4.26. The molecule has 0 aliphatic heterocycles. The van der Waals surface area contributed by atoms with Crippen LogP contribution in [0.4, 0.5) is 0 Å². The van der Waals surface area contributed by atoms with Crippen molar-refractivity contribution in [3.8, 4) is 0 Å². The van der Waals surface area contributed by atoms with Crippen molar-refractivity contribution in [2.75, 3.05) is 5.88 Å². The lowest BCUT2D eigenvalue weighted by molar-refractivity contribution is 0.753. The number of aryl methyl sites for hydroxylation is 3. The summed E-state index contributed by atoms with van der Waals surface area (Å²) in [6.07, 6.45) is 0.825. The molecule has 19 heavy (non-hydrogen) atoms. The molecule has 0 saturated heterocycles. The van der Waals surface area contributed by atoms with Crippen LogP contribution in [0.2, 0.25) is 5.15 Å². The maximum absolute atomic E-state index is 6.29. The molecule has 0 spiro atoms. The molecule has 1 heterocycles. The predicted molar refractivity (Wildman–Crippen MR) is 81.3 cm³/mol. The van der Waals surface area contributed by atoms with E-state index in [9.17, 15) is 0 Å². The molecule has 1 atom stereocenters. The summed E-state index contributed by atoms with van der Waals surface area (Å²) in [5.74, 6) is 0.843. The maximum Gasteiger partial charge on any atom is 0.130 e. The van der Waals surface area contributed by atoms with Gasteiger partial charge in [-0.05, 0) is 25.8 Å². The van der Waals surface area contributed by atoms with Crippen LogP contribution in [0.3, 0.4) is 0 Å². The molecule has 1 aromatic carbocycles. The van der Waals surface area contributed by atoms with Crippen molar-refractivity contribution in [1.82, 2.24) is 9.78 Å². The largest absolute Gasteiger partial charge is 0.257 e. The lowest BCUT2D eigenvalue weighted by atomic mass is 9.93. The summed E-state index contributed by atoms with van der Waals surface area (Å²) in [4.78, 5) is 0. The lowest BCUT2D eigenvalue weighted by Crippen LogP contribution is -2.06. The summed E-state index contributed by atoms with van der Waals surface area (Å²) in [6.45, 7) is 4.08. The Bertz CT molecular complexity index is 576. The Morgan fingerprint density at radius 1 is 1.32 bits per heavy atom. The number of hydrogen-bond donors (Lipinski definition) is 0. The number of halogens is 2. The van der Waals surface area contributed by atoms with Crippen LogP contribution < -0.4 is 0 Å². The van der Waals surface area contributed by atoms with E-state index in [2.05, 4.69) is 36.3 Å². The van der Waals surface area contributed by atoms with E-state index >= 15 is 0 Å². The third-order valence-electron chi connectivity index (χ3n) is 3.42. The lowest BCUT2D eigenvalue weighted by Gasteiger charge is -2.15. The number of alkyl halides is 1. The van der Waals surface area contributed by atoms with Crippen LogP contribution in [-0.4, -0.2) is 15.7 Å². The number of hydrogen-bond acceptors (Lipinski definition) is 1. The summed E-state index contributed by atoms with van der Waals surface area (Å²) in [5, 5.41) is 5.06. The van der Waals surface area contributed by atoms with Crippen LogP contribution in [0, 0.1) is 13.8 Å². The summed E-state index contributed by atoms with van der Waals surface area (Å²) < 4.78 is 1.72. The van der Waals surface area contributed by atoms with Crippen LogP contribution in [0.5, 0.6) is 0 Å². The Morgan fingerprint density at radius 3 is 2.58 bits per heavy atom. The molecule has 2 rings (SSSR count). The third kappa shape index (κ3) is 3.13. The van der Waals surface area contributed by atoms with E-state index in [4.69, 9.17) is 23.2 Å². The third-order valence-corrected chi connectivity index (χ3v) is 4.27. The molecule has 0 radical (unpaired) electrons. The van der Waals surface area contributed by atoms with E-state index in [-0.39, 0.29) is 5.92 Å². The van der Waals surface area contributed by atoms with Crippen LogP contribution in [0.15, 0.2) is 24.3 Å². The Kier molecular flexibility index (Phi) is 4.54. The van der Waals surface area contributed by atoms with Crippen LogP contribution in [0.25, 0.3) is 0 Å². The highest BCUT2D eigenvalue weighted by atomic mass is 35.5. The maximum atomic E-state index is 6.29. The van der Waals surface area contributed by atoms with Gasteiger partial charge in [-0.15, -0.1) is 11.6 Å². The van der Waals surface area contributed by atoms with Gasteiger partial charge in [0.15, 0.2) is 0 Å². The minimum Gasteiger partial charge on any atom is -0.257 e. The number of nitrogens with zero attached hydrogens (tertiary/aromatic N) is 2. The molecule has 0 amide bonds. The highest BCUT2D eigenvalue weighted by Gasteiger charge is 2.18. The molecule has 0 bridgehead atoms. The van der Waals surface area contributed by atoms with Crippen molar-refractivity contribution in [1.29, 1.82) is 0 Å². The standard InChI is InChI=1S/C15H18Cl2N2/c1-10-5-4-6-12(7-10)13(9-16)8-14-11(2)18-19(3)15(14)17/h4-7,13H,8-9H2,1-3H3. The fourth-order valence-corrected chi connectivity index (χ4v) is 2.88. The van der Waals surface area contributed by atoms with Gasteiger partial charge in [-0.1, -0.05) is 41.4 Å². The molecule has 0 N–H and O–H groups in total. The minimum atomic E-state index is 0.266. The zero-order valence-corrected chi connectivity index (χ0v) is 13.0. The smallest absolute Gasteiger partial charge is 0.130 e. The first-order valence-electron chi connectivity index (χ1n) is 6.33. The first-order chi connectivity index (χ1) is 9.02. The van der Waals surface area contributed by atoms with Crippen molar-refractivity contribution >= 4 is 23.2 Å². The first kappa shape index (κ1) is 14.4. The molecule has 0 fully saturated rings. The summed E-state index contributed by atoms with van der Waals surface area (Å²) >= 11 is 12.4. The first-order valence-corrected chi connectivity index (χ1v) is 7.24. The van der Waals surface area contributed by atoms with E-state index in [1.54, 1.807) is 4.68 Å². The van der Waals surface area contributed by atoms with Crippen LogP contribution >= 0.6 is 23.2 Å². The van der Waals surface area contributed by atoms with E-state index < -0.39 is 0 Å². The van der Waals surface area contributed by atoms with E-state index in [1.165, 1.54) is 11.1 Å². The summed E-state index contributed by atoms with van der Waals surface area (Å²) in [5.41, 5.74) is 4.59. The van der Waals surface area contributed by atoms with Crippen molar-refractivity contribution in [3.63, 3.8) is 0 Å². The average Bonchev–Trinajstić information content (AvgIpc) is 2.61. The molecular formula is C15H18Cl2N2. The highest BCUT2D eigenvalue weighted by molar-refractivity contribution is 6.30. The fraction of sp³-hybridized carbons (Fsp3) is 0.400. The average molecular weight is 297 g/mol. The van der Waals surface area contributed by atoms with Crippen molar-refractivity contribution in [2.45, 2.75) is 26.2 Å². The molecule has 1 unspecified atom stereocenters. The Labute approximate surface area is 124 Å². The quantitative estimate of drug-likeness (QED) is 0.771. The van der Waals surface area contributed by atoms with Gasteiger partial charge in [-0.3, -0.25) is 4.68 Å². The molecule has 102 valence electrons. The molecule has 1 aromatic heterocycles. The molecule has 2 aromatic rings. The van der Waals surface area contributed by atoms with E-state index in [0.29, 0.717) is 11.0 Å². The van der Waals surface area contributed by atoms with Gasteiger partial charge in [-0.2, -0.15) is 5.10 Å². The molecule has 4 heteroatoms. The molecule has 0 aliphatic rings. The SMILES string of the molecule is Cc1cccc(C(CCl)Cc2c(C)nn(C)c2Cl)c1. The normalized spacial score (nSPS) is 12.7. The van der Waals surface area contributed by atoms with Gasteiger partial charge < -0.3 is 0 Å². The fourth-order valence-electron chi connectivity index (χ4n) is 2.34. The van der Waals surface area contributed by atoms with Gasteiger partial charge in [0.1, 0.15) is 5.15 Å². The van der Waals surface area contributed by atoms with Gasteiger partial charge in [0, 0.05) is 24.4 Å². The summed E-state index contributed by atoms with van der Waals surface area (Å²) in [6, 6.07) is 8.48. The second-order valence-corrected chi connectivity index (χ2v) is 5.61. The monoisotopic (exact) mass is 296 g/mol. The van der Waals surface area contributed by atoms with Gasteiger partial charge in [0.2, 0.25) is 0 Å². The minimum absolute atomic E-state index is 0.266. The topological polar surface area (TPSA) is 17.8 Å². The van der Waals surface area contributed by atoms with Gasteiger partial charge in [0.05, 0.1) is 5.69 Å². The highest BCUT2D eigenvalue weighted by Crippen LogP contribution is 2.28. The zero-order chi connectivity index (χ0) is 14.0. The van der Waals surface area contributed by atoms with Crippen molar-refractivity contribution in [3.05, 3.63) is 51.8 Å². The van der Waals surface area contributed by atoms with Crippen molar-refractivity contribution < 1.29 is 0 Å². The second kappa shape index (κ2) is 5.98. The van der Waals surface area contributed by atoms with Crippen LogP contribution in [-0.2, 0) is 13.5 Å². The molecule has 2 nitrogen and oxygen atoms in total. The molecule has 0 aliphatic carbocycles. The van der Waals surface area contributed by atoms with Crippen molar-refractivity contribution in [2.24, 2.45) is 7.05 Å². The molecule has 0 saturated carbocycles. The number of benzene rings is 1. The number of aromatic nitrogens is 2. The zero-order valence-electron chi connectivity index (χ0n) is 11.5. The summed E-state index contributed by atoms with van der Waals surface area (Å²) in [7, 11) is 1.86. The van der Waals surface area contributed by atoms with Crippen LogP contribution in [0.1, 0.15) is 28.3 Å². The van der Waals surface area contributed by atoms with Gasteiger partial charge >= 0.3 is 0 Å². The van der Waals surface area contributed by atoms with Gasteiger partial charge in [0.25, 0.3) is 0 Å². The number of rotatable bonds is 4. The Morgan fingerprint density at radius 2 is 2.05 bits per heavy atom. The molecular weight excluding hydrogens is 279 g/mol. The Balaban J connectivity index is 2.29.